The molecule has 0 saturated carbocycles. The van der Waals surface area contributed by atoms with Gasteiger partial charge in [-0.05, 0) is 20.2 Å². The summed E-state index contributed by atoms with van der Waals surface area (Å²) in [5.74, 6) is 0.912. The number of likely N-dealkylation sites (N-methyl/N-ethyl adjacent to an activating group) is 1. The second-order valence-electron chi connectivity index (χ2n) is 6.74. The summed E-state index contributed by atoms with van der Waals surface area (Å²) in [6.45, 7) is 2.34. The van der Waals surface area contributed by atoms with Gasteiger partial charge in [0.2, 0.25) is 5.91 Å². The Labute approximate surface area is 146 Å². The van der Waals surface area contributed by atoms with Crippen LogP contribution in [0.3, 0.4) is 0 Å². The molecule has 1 atom stereocenters. The van der Waals surface area contributed by atoms with Crippen molar-refractivity contribution in [3.05, 3.63) is 29.6 Å². The molecule has 0 unspecified atom stereocenters. The summed E-state index contributed by atoms with van der Waals surface area (Å²) in [5.41, 5.74) is 1.63. The van der Waals surface area contributed by atoms with Gasteiger partial charge in [0.1, 0.15) is 18.3 Å². The Morgan fingerprint density at radius 2 is 2.20 bits per heavy atom. The lowest BCUT2D eigenvalue weighted by molar-refractivity contribution is -0.132. The minimum atomic E-state index is -0.617. The second-order valence-corrected chi connectivity index (χ2v) is 6.74. The second kappa shape index (κ2) is 7.32. The van der Waals surface area contributed by atoms with E-state index in [4.69, 9.17) is 0 Å². The predicted molar refractivity (Wildman–Crippen MR) is 90.5 cm³/mol. The van der Waals surface area contributed by atoms with Gasteiger partial charge >= 0.3 is 0 Å². The van der Waals surface area contributed by atoms with Gasteiger partial charge in [-0.2, -0.15) is 5.10 Å². The molecule has 0 aromatic carbocycles. The van der Waals surface area contributed by atoms with E-state index in [0.717, 1.165) is 11.5 Å². The summed E-state index contributed by atoms with van der Waals surface area (Å²) in [5, 5.41) is 22.5. The van der Waals surface area contributed by atoms with E-state index in [2.05, 4.69) is 15.3 Å². The Kier molecular flexibility index (Phi) is 5.14. The van der Waals surface area contributed by atoms with E-state index >= 15 is 0 Å². The minimum absolute atomic E-state index is 0.103. The molecule has 0 spiro atoms. The third-order valence-corrected chi connectivity index (χ3v) is 4.42. The Balaban J connectivity index is 1.59. The molecule has 0 saturated heterocycles. The van der Waals surface area contributed by atoms with Gasteiger partial charge in [-0.15, -0.1) is 10.2 Å². The van der Waals surface area contributed by atoms with Crippen LogP contribution in [0.5, 0.6) is 0 Å². The highest BCUT2D eigenvalue weighted by Crippen LogP contribution is 2.19. The van der Waals surface area contributed by atoms with Gasteiger partial charge in [-0.3, -0.25) is 9.48 Å². The van der Waals surface area contributed by atoms with Crippen molar-refractivity contribution in [3.63, 3.8) is 0 Å². The molecule has 1 N–H and O–H groups in total. The van der Waals surface area contributed by atoms with Crippen molar-refractivity contribution in [3.8, 4) is 0 Å². The van der Waals surface area contributed by atoms with Crippen LogP contribution in [-0.2, 0) is 31.4 Å². The Bertz CT molecular complexity index is 737. The SMILES string of the molecule is CN(C)C[C@@H](O)c1cc2n(n1)CCN(C(=O)CCc1nncn1C)C2. The van der Waals surface area contributed by atoms with E-state index < -0.39 is 6.10 Å². The molecule has 25 heavy (non-hydrogen) atoms. The molecule has 0 radical (unpaired) electrons. The quantitative estimate of drug-likeness (QED) is 0.763. The smallest absolute Gasteiger partial charge is 0.223 e. The lowest BCUT2D eigenvalue weighted by Gasteiger charge is -2.27. The first-order valence-corrected chi connectivity index (χ1v) is 8.44. The molecule has 0 bridgehead atoms. The number of hydrogen-bond acceptors (Lipinski definition) is 6. The maximum absolute atomic E-state index is 12.5. The molecule has 1 aliphatic rings. The molecule has 1 aliphatic heterocycles. The number of aliphatic hydroxyl groups is 1. The fraction of sp³-hybridized carbons (Fsp3) is 0.625. The molecule has 2 aromatic heterocycles. The van der Waals surface area contributed by atoms with E-state index in [9.17, 15) is 9.90 Å². The maximum atomic E-state index is 12.5. The van der Waals surface area contributed by atoms with E-state index in [1.54, 1.807) is 6.33 Å². The summed E-state index contributed by atoms with van der Waals surface area (Å²) in [6, 6.07) is 1.90. The van der Waals surface area contributed by atoms with Crippen molar-refractivity contribution in [1.82, 2.24) is 34.3 Å². The lowest BCUT2D eigenvalue weighted by atomic mass is 10.2. The molecular weight excluding hydrogens is 322 g/mol. The van der Waals surface area contributed by atoms with E-state index in [0.29, 0.717) is 44.7 Å². The van der Waals surface area contributed by atoms with Gasteiger partial charge in [-0.1, -0.05) is 0 Å². The standard InChI is InChI=1S/C16H25N7O2/c1-20(2)10-14(24)13-8-12-9-22(6-7-23(12)19-13)16(25)5-4-15-18-17-11-21(15)3/h8,11,14,24H,4-7,9-10H2,1-3H3/t14-/m1/s1. The number of fused-ring (bicyclic) bond motifs is 1. The third-order valence-electron chi connectivity index (χ3n) is 4.42. The molecule has 0 aliphatic carbocycles. The van der Waals surface area contributed by atoms with Gasteiger partial charge in [-0.25, -0.2) is 0 Å². The van der Waals surface area contributed by atoms with Crippen LogP contribution in [0.15, 0.2) is 12.4 Å². The molecule has 0 fully saturated rings. The third kappa shape index (κ3) is 4.05. The number of carbonyl (C=O) groups is 1. The molecule has 2 aromatic rings. The van der Waals surface area contributed by atoms with Crippen molar-refractivity contribution in [2.45, 2.75) is 32.0 Å². The van der Waals surface area contributed by atoms with Gasteiger partial charge < -0.3 is 19.5 Å². The van der Waals surface area contributed by atoms with Crippen molar-refractivity contribution in [2.24, 2.45) is 7.05 Å². The summed E-state index contributed by atoms with van der Waals surface area (Å²) in [6.07, 6.45) is 2.02. The number of aromatic nitrogens is 5. The monoisotopic (exact) mass is 347 g/mol. The summed E-state index contributed by atoms with van der Waals surface area (Å²) in [4.78, 5) is 16.2. The predicted octanol–water partition coefficient (Wildman–Crippen LogP) is -0.418. The average molecular weight is 347 g/mol. The van der Waals surface area contributed by atoms with Crippen LogP contribution in [-0.4, -0.2) is 72.5 Å². The summed E-state index contributed by atoms with van der Waals surface area (Å²) in [7, 11) is 5.70. The Morgan fingerprint density at radius 1 is 1.40 bits per heavy atom. The average Bonchev–Trinajstić information content (AvgIpc) is 3.17. The van der Waals surface area contributed by atoms with Gasteiger partial charge in [0.05, 0.1) is 24.5 Å². The minimum Gasteiger partial charge on any atom is -0.385 e. The Morgan fingerprint density at radius 3 is 2.88 bits per heavy atom. The topological polar surface area (TPSA) is 92.3 Å². The molecule has 1 amide bonds. The number of amides is 1. The van der Waals surface area contributed by atoms with Crippen LogP contribution in [0, 0.1) is 0 Å². The van der Waals surface area contributed by atoms with E-state index in [1.807, 2.05) is 46.3 Å². The van der Waals surface area contributed by atoms with Crippen LogP contribution >= 0.6 is 0 Å². The van der Waals surface area contributed by atoms with Gasteiger partial charge in [0.25, 0.3) is 0 Å². The number of aliphatic hydroxyl groups excluding tert-OH is 1. The van der Waals surface area contributed by atoms with Crippen LogP contribution in [0.1, 0.15) is 29.7 Å². The maximum Gasteiger partial charge on any atom is 0.223 e. The number of aryl methyl sites for hydroxylation is 2. The number of nitrogens with zero attached hydrogens (tertiary/aromatic N) is 7. The van der Waals surface area contributed by atoms with Crippen LogP contribution in [0.2, 0.25) is 0 Å². The van der Waals surface area contributed by atoms with Crippen molar-refractivity contribution < 1.29 is 9.90 Å². The lowest BCUT2D eigenvalue weighted by Crippen LogP contribution is -2.38. The fourth-order valence-corrected chi connectivity index (χ4v) is 3.01. The van der Waals surface area contributed by atoms with Crippen molar-refractivity contribution in [1.29, 1.82) is 0 Å². The van der Waals surface area contributed by atoms with Crippen LogP contribution < -0.4 is 0 Å². The van der Waals surface area contributed by atoms with Gasteiger partial charge in [0, 0.05) is 33.0 Å². The van der Waals surface area contributed by atoms with E-state index in [1.165, 1.54) is 0 Å². The Hall–Kier alpha value is -2.26. The number of rotatable bonds is 6. The fourth-order valence-electron chi connectivity index (χ4n) is 3.01. The highest BCUT2D eigenvalue weighted by molar-refractivity contribution is 5.76. The molecule has 9 nitrogen and oxygen atoms in total. The summed E-state index contributed by atoms with van der Waals surface area (Å²) >= 11 is 0. The van der Waals surface area contributed by atoms with Crippen molar-refractivity contribution >= 4 is 5.91 Å². The molecule has 3 rings (SSSR count). The number of carbonyl (C=O) groups excluding carboxylic acids is 1. The zero-order chi connectivity index (χ0) is 18.0. The highest BCUT2D eigenvalue weighted by Gasteiger charge is 2.24. The zero-order valence-electron chi connectivity index (χ0n) is 15.0. The molecule has 9 heteroatoms. The summed E-state index contributed by atoms with van der Waals surface area (Å²) < 4.78 is 3.72. The highest BCUT2D eigenvalue weighted by atomic mass is 16.3. The van der Waals surface area contributed by atoms with Crippen molar-refractivity contribution in [2.75, 3.05) is 27.2 Å². The van der Waals surface area contributed by atoms with Gasteiger partial charge in [0.15, 0.2) is 0 Å². The molecule has 136 valence electrons. The first-order valence-electron chi connectivity index (χ1n) is 8.44. The van der Waals surface area contributed by atoms with Crippen LogP contribution in [0.4, 0.5) is 0 Å². The zero-order valence-corrected chi connectivity index (χ0v) is 15.0. The normalized spacial score (nSPS) is 15.5. The van der Waals surface area contributed by atoms with Crippen LogP contribution in [0.25, 0.3) is 0 Å². The first-order chi connectivity index (χ1) is 11.9. The molecular formula is C16H25N7O2. The number of hydrogen-bond donors (Lipinski definition) is 1. The largest absolute Gasteiger partial charge is 0.385 e. The first kappa shape index (κ1) is 17.6. The van der Waals surface area contributed by atoms with E-state index in [-0.39, 0.29) is 5.91 Å². The molecule has 3 heterocycles.